The summed E-state index contributed by atoms with van der Waals surface area (Å²) >= 11 is 5.49. The van der Waals surface area contributed by atoms with E-state index in [1.165, 1.54) is 0 Å². The van der Waals surface area contributed by atoms with Crippen molar-refractivity contribution in [1.29, 1.82) is 0 Å². The van der Waals surface area contributed by atoms with Crippen LogP contribution in [0.3, 0.4) is 0 Å². The van der Waals surface area contributed by atoms with Gasteiger partial charge in [0.2, 0.25) is 0 Å². The van der Waals surface area contributed by atoms with Crippen LogP contribution in [0, 0.1) is 3.57 Å². The van der Waals surface area contributed by atoms with E-state index in [1.54, 1.807) is 12.1 Å². The monoisotopic (exact) mass is 338 g/mol. The van der Waals surface area contributed by atoms with Gasteiger partial charge in [0.15, 0.2) is 0 Å². The third-order valence-corrected chi connectivity index (χ3v) is 2.97. The Balaban J connectivity index is 2.93. The number of aromatic nitrogens is 2. The van der Waals surface area contributed by atoms with Gasteiger partial charge in [-0.2, -0.15) is 5.10 Å². The van der Waals surface area contributed by atoms with Gasteiger partial charge in [-0.1, -0.05) is 0 Å². The fourth-order valence-corrected chi connectivity index (χ4v) is 2.79. The summed E-state index contributed by atoms with van der Waals surface area (Å²) in [6.07, 6.45) is 0. The number of aromatic hydroxyl groups is 1. The summed E-state index contributed by atoms with van der Waals surface area (Å²) < 4.78 is 1.82. The molecular formula is C7H4BrIN2O. The van der Waals surface area contributed by atoms with Gasteiger partial charge in [-0.25, -0.2) is 0 Å². The van der Waals surface area contributed by atoms with Crippen LogP contribution in [0.15, 0.2) is 16.7 Å². The Hall–Kier alpha value is -0.300. The van der Waals surface area contributed by atoms with Gasteiger partial charge in [0.1, 0.15) is 10.4 Å². The van der Waals surface area contributed by atoms with Gasteiger partial charge in [-0.05, 0) is 44.6 Å². The molecule has 1 aromatic heterocycles. The standard InChI is InChI=1S/C7H4BrIN2O/c8-7-6-4(9)1-3(12)2-5(6)10-11-7/h1-2,12H,(H,10,11). The SMILES string of the molecule is Oc1cc(I)c2c(Br)[nH]nc2c1. The minimum absolute atomic E-state index is 0.242. The molecule has 0 bridgehead atoms. The predicted octanol–water partition coefficient (Wildman–Crippen LogP) is 2.64. The topological polar surface area (TPSA) is 48.9 Å². The predicted molar refractivity (Wildman–Crippen MR) is 58.2 cm³/mol. The molecule has 1 aromatic carbocycles. The van der Waals surface area contributed by atoms with Crippen LogP contribution in [0.5, 0.6) is 5.75 Å². The molecule has 0 amide bonds. The number of halogens is 2. The number of nitrogens with zero attached hydrogens (tertiary/aromatic N) is 1. The van der Waals surface area contributed by atoms with Crippen molar-refractivity contribution in [2.24, 2.45) is 0 Å². The molecule has 0 aliphatic rings. The number of aromatic amines is 1. The minimum atomic E-state index is 0.242. The summed E-state index contributed by atoms with van der Waals surface area (Å²) in [7, 11) is 0. The Morgan fingerprint density at radius 3 is 3.00 bits per heavy atom. The van der Waals surface area contributed by atoms with Crippen molar-refractivity contribution >= 4 is 49.4 Å². The molecule has 0 radical (unpaired) electrons. The van der Waals surface area contributed by atoms with Crippen molar-refractivity contribution in [1.82, 2.24) is 10.2 Å². The van der Waals surface area contributed by atoms with E-state index in [9.17, 15) is 5.11 Å². The van der Waals surface area contributed by atoms with Gasteiger partial charge in [-0.3, -0.25) is 5.10 Å². The fourth-order valence-electron chi connectivity index (χ4n) is 1.05. The zero-order chi connectivity index (χ0) is 8.72. The van der Waals surface area contributed by atoms with E-state index >= 15 is 0 Å². The molecule has 0 spiro atoms. The van der Waals surface area contributed by atoms with Crippen molar-refractivity contribution in [2.45, 2.75) is 0 Å². The maximum atomic E-state index is 9.25. The average Bonchev–Trinajstić information content (AvgIpc) is 2.31. The molecule has 2 rings (SSSR count). The van der Waals surface area contributed by atoms with Gasteiger partial charge < -0.3 is 5.11 Å². The van der Waals surface area contributed by atoms with E-state index in [2.05, 4.69) is 48.7 Å². The van der Waals surface area contributed by atoms with Crippen LogP contribution in [0.4, 0.5) is 0 Å². The third-order valence-electron chi connectivity index (χ3n) is 1.55. The second kappa shape index (κ2) is 2.88. The molecule has 0 saturated carbocycles. The largest absolute Gasteiger partial charge is 0.508 e. The summed E-state index contributed by atoms with van der Waals surface area (Å²) in [5.41, 5.74) is 0.770. The fraction of sp³-hybridized carbons (Fsp3) is 0. The van der Waals surface area contributed by atoms with Crippen LogP contribution in [-0.4, -0.2) is 15.3 Å². The summed E-state index contributed by atoms with van der Waals surface area (Å²) in [5, 5.41) is 17.1. The summed E-state index contributed by atoms with van der Waals surface area (Å²) in [6.45, 7) is 0. The quantitative estimate of drug-likeness (QED) is 0.725. The van der Waals surface area contributed by atoms with E-state index in [0.717, 1.165) is 19.1 Å². The van der Waals surface area contributed by atoms with Gasteiger partial charge in [0.25, 0.3) is 0 Å². The molecule has 62 valence electrons. The normalized spacial score (nSPS) is 10.8. The molecule has 0 unspecified atom stereocenters. The Morgan fingerprint density at radius 1 is 1.50 bits per heavy atom. The van der Waals surface area contributed by atoms with Crippen molar-refractivity contribution in [3.8, 4) is 5.75 Å². The number of phenols is 1. The molecular weight excluding hydrogens is 335 g/mol. The second-order valence-corrected chi connectivity index (χ2v) is 4.31. The van der Waals surface area contributed by atoms with Crippen LogP contribution in [0.2, 0.25) is 0 Å². The lowest BCUT2D eigenvalue weighted by Gasteiger charge is -1.94. The first-order valence-corrected chi connectivity index (χ1v) is 5.08. The van der Waals surface area contributed by atoms with Crippen molar-refractivity contribution in [3.63, 3.8) is 0 Å². The molecule has 2 aromatic rings. The van der Waals surface area contributed by atoms with E-state index in [-0.39, 0.29) is 5.75 Å². The molecule has 0 aliphatic heterocycles. The van der Waals surface area contributed by atoms with Gasteiger partial charge in [0.05, 0.1) is 5.52 Å². The molecule has 0 aliphatic carbocycles. The van der Waals surface area contributed by atoms with Crippen LogP contribution < -0.4 is 0 Å². The van der Waals surface area contributed by atoms with Crippen LogP contribution in [0.1, 0.15) is 0 Å². The summed E-state index contributed by atoms with van der Waals surface area (Å²) in [6, 6.07) is 3.32. The van der Waals surface area contributed by atoms with Gasteiger partial charge in [0, 0.05) is 15.0 Å². The molecule has 3 nitrogen and oxygen atoms in total. The third kappa shape index (κ3) is 1.20. The molecule has 0 saturated heterocycles. The lowest BCUT2D eigenvalue weighted by molar-refractivity contribution is 0.475. The molecule has 0 atom stereocenters. The Bertz CT molecular complexity index is 440. The average molecular weight is 339 g/mol. The molecule has 1 heterocycles. The maximum Gasteiger partial charge on any atom is 0.118 e. The number of hydrogen-bond acceptors (Lipinski definition) is 2. The number of phenolic OH excluding ortho intramolecular Hbond substituents is 1. The maximum absolute atomic E-state index is 9.25. The zero-order valence-electron chi connectivity index (χ0n) is 5.81. The second-order valence-electron chi connectivity index (χ2n) is 2.36. The first-order valence-electron chi connectivity index (χ1n) is 3.20. The van der Waals surface area contributed by atoms with E-state index in [1.807, 2.05) is 0 Å². The number of rotatable bonds is 0. The number of hydrogen-bond donors (Lipinski definition) is 2. The Labute approximate surface area is 90.4 Å². The lowest BCUT2D eigenvalue weighted by atomic mass is 10.2. The number of nitrogens with one attached hydrogen (secondary N) is 1. The highest BCUT2D eigenvalue weighted by Gasteiger charge is 2.07. The first kappa shape index (κ1) is 8.31. The van der Waals surface area contributed by atoms with Gasteiger partial charge in [-0.15, -0.1) is 0 Å². The van der Waals surface area contributed by atoms with Gasteiger partial charge >= 0.3 is 0 Å². The minimum Gasteiger partial charge on any atom is -0.508 e. The summed E-state index contributed by atoms with van der Waals surface area (Å²) in [5.74, 6) is 0.242. The highest BCUT2D eigenvalue weighted by Crippen LogP contribution is 2.29. The number of fused-ring (bicyclic) bond motifs is 1. The summed E-state index contributed by atoms with van der Waals surface area (Å²) in [4.78, 5) is 0. The van der Waals surface area contributed by atoms with Crippen LogP contribution in [-0.2, 0) is 0 Å². The molecule has 12 heavy (non-hydrogen) atoms. The van der Waals surface area contributed by atoms with E-state index < -0.39 is 0 Å². The smallest absolute Gasteiger partial charge is 0.118 e. The molecule has 2 N–H and O–H groups in total. The number of benzene rings is 1. The zero-order valence-corrected chi connectivity index (χ0v) is 9.55. The molecule has 5 heteroatoms. The first-order chi connectivity index (χ1) is 5.68. The van der Waals surface area contributed by atoms with Crippen molar-refractivity contribution in [2.75, 3.05) is 0 Å². The number of H-pyrrole nitrogens is 1. The van der Waals surface area contributed by atoms with E-state index in [4.69, 9.17) is 0 Å². The van der Waals surface area contributed by atoms with Crippen LogP contribution >= 0.6 is 38.5 Å². The van der Waals surface area contributed by atoms with Crippen molar-refractivity contribution in [3.05, 3.63) is 20.3 Å². The Morgan fingerprint density at radius 2 is 2.25 bits per heavy atom. The Kier molecular flexibility index (Phi) is 1.99. The highest BCUT2D eigenvalue weighted by atomic mass is 127. The van der Waals surface area contributed by atoms with E-state index in [0.29, 0.717) is 0 Å². The van der Waals surface area contributed by atoms with Crippen molar-refractivity contribution < 1.29 is 5.11 Å². The molecule has 0 fully saturated rings. The lowest BCUT2D eigenvalue weighted by Crippen LogP contribution is -1.74. The highest BCUT2D eigenvalue weighted by molar-refractivity contribution is 14.1. The van der Waals surface area contributed by atoms with Crippen LogP contribution in [0.25, 0.3) is 10.9 Å².